The summed E-state index contributed by atoms with van der Waals surface area (Å²) in [6, 6.07) is 6.06. The number of esters is 1. The molecule has 0 atom stereocenters. The lowest BCUT2D eigenvalue weighted by Gasteiger charge is -2.25. The minimum atomic E-state index is -3.89. The van der Waals surface area contributed by atoms with E-state index in [0.717, 1.165) is 32.5 Å². The average Bonchev–Trinajstić information content (AvgIpc) is 3.25. The molecule has 0 unspecified atom stereocenters. The van der Waals surface area contributed by atoms with Gasteiger partial charge in [0.15, 0.2) is 9.84 Å². The molecule has 8 nitrogen and oxygen atoms in total. The molecule has 10 heteroatoms. The number of amides is 1. The summed E-state index contributed by atoms with van der Waals surface area (Å²) in [5, 5.41) is 0.208. The molecule has 1 fully saturated rings. The molecule has 1 saturated heterocycles. The van der Waals surface area contributed by atoms with Gasteiger partial charge in [0.05, 0.1) is 23.4 Å². The fourth-order valence-electron chi connectivity index (χ4n) is 4.45. The number of halogens is 1. The van der Waals surface area contributed by atoms with Crippen molar-refractivity contribution in [3.8, 4) is 11.5 Å². The third-order valence-electron chi connectivity index (χ3n) is 6.18. The molecule has 34 heavy (non-hydrogen) atoms. The normalized spacial score (nSPS) is 16.7. The van der Waals surface area contributed by atoms with Gasteiger partial charge in [-0.2, -0.15) is 0 Å². The van der Waals surface area contributed by atoms with E-state index >= 15 is 0 Å². The van der Waals surface area contributed by atoms with Gasteiger partial charge in [-0.1, -0.05) is 11.6 Å². The predicted octanol–water partition coefficient (Wildman–Crippen LogP) is 3.96. The van der Waals surface area contributed by atoms with Crippen molar-refractivity contribution in [2.45, 2.75) is 37.3 Å². The third-order valence-corrected chi connectivity index (χ3v) is 8.13. The predicted molar refractivity (Wildman–Crippen MR) is 129 cm³/mol. The maximum absolute atomic E-state index is 13.3. The van der Waals surface area contributed by atoms with Gasteiger partial charge in [-0.05, 0) is 62.7 Å². The van der Waals surface area contributed by atoms with Crippen LogP contribution < -0.4 is 9.64 Å². The molecular formula is C24H27ClN2O6S. The summed E-state index contributed by atoms with van der Waals surface area (Å²) in [4.78, 5) is 28.3. The lowest BCUT2D eigenvalue weighted by molar-refractivity contribution is -0.116. The highest BCUT2D eigenvalue weighted by molar-refractivity contribution is 7.90. The van der Waals surface area contributed by atoms with Crippen LogP contribution in [0.25, 0.3) is 0 Å². The van der Waals surface area contributed by atoms with Crippen LogP contribution in [0.3, 0.4) is 0 Å². The minimum Gasteiger partial charge on any atom is -0.465 e. The van der Waals surface area contributed by atoms with E-state index < -0.39 is 15.8 Å². The van der Waals surface area contributed by atoms with E-state index in [2.05, 4.69) is 4.90 Å². The molecule has 2 heterocycles. The number of rotatable bonds is 5. The highest BCUT2D eigenvalue weighted by Crippen LogP contribution is 2.45. The van der Waals surface area contributed by atoms with Crippen molar-refractivity contribution in [1.82, 2.24) is 4.90 Å². The van der Waals surface area contributed by atoms with Gasteiger partial charge in [-0.3, -0.25) is 4.79 Å². The number of anilines is 1. The van der Waals surface area contributed by atoms with Gasteiger partial charge in [0.25, 0.3) is 0 Å². The molecule has 0 bridgehead atoms. The Kier molecular flexibility index (Phi) is 6.89. The monoisotopic (exact) mass is 506 g/mol. The van der Waals surface area contributed by atoms with Crippen molar-refractivity contribution >= 4 is 39.0 Å². The highest BCUT2D eigenvalue weighted by Gasteiger charge is 2.32. The Bertz CT molecular complexity index is 1250. The van der Waals surface area contributed by atoms with Crippen LogP contribution in [0, 0.1) is 6.92 Å². The number of hydrogen-bond donors (Lipinski definition) is 0. The van der Waals surface area contributed by atoms with Crippen molar-refractivity contribution in [1.29, 1.82) is 0 Å². The summed E-state index contributed by atoms with van der Waals surface area (Å²) in [5.41, 5.74) is 1.45. The zero-order chi connectivity index (χ0) is 24.6. The number of nitrogens with zero attached hydrogens (tertiary/aromatic N) is 2. The van der Waals surface area contributed by atoms with Crippen LogP contribution >= 0.6 is 11.6 Å². The van der Waals surface area contributed by atoms with Crippen LogP contribution in [0.4, 0.5) is 5.69 Å². The molecule has 2 aliphatic rings. The number of fused-ring (bicyclic) bond motifs is 2. The zero-order valence-electron chi connectivity index (χ0n) is 19.4. The topological polar surface area (TPSA) is 93.2 Å². The zero-order valence-corrected chi connectivity index (χ0v) is 21.0. The summed E-state index contributed by atoms with van der Waals surface area (Å²) in [6.45, 7) is 6.35. The summed E-state index contributed by atoms with van der Waals surface area (Å²) in [7, 11) is -2.65. The second-order valence-corrected chi connectivity index (χ2v) is 11.0. The SMILES string of the molecule is COC(=O)c1cc(C)c2c(c1)S(=O)(=O)Cc1cc(N(CCN3CCCC3)C(C)=O)cc(Cl)c1O2. The molecule has 0 radical (unpaired) electrons. The Labute approximate surface area is 204 Å². The number of sulfone groups is 1. The van der Waals surface area contributed by atoms with Crippen LogP contribution in [0.1, 0.15) is 41.3 Å². The van der Waals surface area contributed by atoms with Crippen LogP contribution in [0.2, 0.25) is 5.02 Å². The molecule has 0 aromatic heterocycles. The molecular weight excluding hydrogens is 480 g/mol. The third kappa shape index (κ3) is 4.78. The number of benzene rings is 2. The van der Waals surface area contributed by atoms with Crippen LogP contribution in [-0.2, 0) is 25.1 Å². The number of carbonyl (C=O) groups is 2. The molecule has 0 saturated carbocycles. The second kappa shape index (κ2) is 9.56. The van der Waals surface area contributed by atoms with Crippen molar-refractivity contribution in [2.75, 3.05) is 38.2 Å². The van der Waals surface area contributed by atoms with E-state index in [-0.39, 0.29) is 38.6 Å². The number of methoxy groups -OCH3 is 1. The van der Waals surface area contributed by atoms with Gasteiger partial charge in [0, 0.05) is 31.3 Å². The summed E-state index contributed by atoms with van der Waals surface area (Å²) >= 11 is 6.57. The van der Waals surface area contributed by atoms with Gasteiger partial charge in [0.1, 0.15) is 16.4 Å². The first-order valence-corrected chi connectivity index (χ1v) is 13.1. The highest BCUT2D eigenvalue weighted by atomic mass is 35.5. The summed E-state index contributed by atoms with van der Waals surface area (Å²) in [5.74, 6) is -0.832. The minimum absolute atomic E-state index is 0.0980. The summed E-state index contributed by atoms with van der Waals surface area (Å²) < 4.78 is 37.4. The van der Waals surface area contributed by atoms with Gasteiger partial charge in [-0.15, -0.1) is 0 Å². The lowest BCUT2D eigenvalue weighted by Crippen LogP contribution is -2.36. The Balaban J connectivity index is 1.73. The molecule has 182 valence electrons. The van der Waals surface area contributed by atoms with Crippen molar-refractivity contribution < 1.29 is 27.5 Å². The van der Waals surface area contributed by atoms with Crippen molar-refractivity contribution in [3.05, 3.63) is 46.0 Å². The van der Waals surface area contributed by atoms with E-state index in [9.17, 15) is 18.0 Å². The largest absolute Gasteiger partial charge is 0.465 e. The summed E-state index contributed by atoms with van der Waals surface area (Å²) in [6.07, 6.45) is 2.30. The van der Waals surface area contributed by atoms with Crippen LogP contribution in [0.5, 0.6) is 11.5 Å². The number of carbonyl (C=O) groups excluding carboxylic acids is 2. The molecule has 0 spiro atoms. The molecule has 2 aliphatic heterocycles. The first kappa shape index (κ1) is 24.5. The molecule has 0 N–H and O–H groups in total. The van der Waals surface area contributed by atoms with E-state index in [4.69, 9.17) is 21.1 Å². The van der Waals surface area contributed by atoms with E-state index in [0.29, 0.717) is 23.4 Å². The van der Waals surface area contributed by atoms with Gasteiger partial charge in [0.2, 0.25) is 5.91 Å². The number of ether oxygens (including phenoxy) is 2. The molecule has 2 aromatic carbocycles. The van der Waals surface area contributed by atoms with Crippen molar-refractivity contribution in [3.63, 3.8) is 0 Å². The van der Waals surface area contributed by atoms with E-state index in [1.165, 1.54) is 26.2 Å². The Morgan fingerprint density at radius 3 is 2.50 bits per heavy atom. The number of hydrogen-bond acceptors (Lipinski definition) is 7. The molecule has 4 rings (SSSR count). The Morgan fingerprint density at radius 1 is 1.15 bits per heavy atom. The molecule has 2 aromatic rings. The van der Waals surface area contributed by atoms with Crippen LogP contribution in [0.15, 0.2) is 29.2 Å². The first-order valence-electron chi connectivity index (χ1n) is 11.1. The maximum atomic E-state index is 13.3. The fraction of sp³-hybridized carbons (Fsp3) is 0.417. The maximum Gasteiger partial charge on any atom is 0.337 e. The number of aryl methyl sites for hydroxylation is 1. The van der Waals surface area contributed by atoms with Crippen LogP contribution in [-0.4, -0.2) is 58.5 Å². The molecule has 0 aliphatic carbocycles. The van der Waals surface area contributed by atoms with Gasteiger partial charge >= 0.3 is 5.97 Å². The van der Waals surface area contributed by atoms with Gasteiger partial charge in [-0.25, -0.2) is 13.2 Å². The van der Waals surface area contributed by atoms with E-state index in [1.807, 2.05) is 0 Å². The second-order valence-electron chi connectivity index (χ2n) is 8.61. The quantitative estimate of drug-likeness (QED) is 0.566. The lowest BCUT2D eigenvalue weighted by atomic mass is 10.1. The fourth-order valence-corrected chi connectivity index (χ4v) is 6.29. The molecule has 1 amide bonds. The Morgan fingerprint density at radius 2 is 1.85 bits per heavy atom. The Hall–Kier alpha value is -2.62. The standard InChI is InChI=1S/C24H27ClN2O6S/c1-15-10-17(24(29)32-3)12-21-22(15)33-23-18(14-34(21,30)31)11-19(13-20(23)25)27(16(2)28)9-8-26-6-4-5-7-26/h10-13H,4-9,14H2,1-3H3. The van der Waals surface area contributed by atoms with Gasteiger partial charge < -0.3 is 19.3 Å². The van der Waals surface area contributed by atoms with Crippen molar-refractivity contribution in [2.24, 2.45) is 0 Å². The van der Waals surface area contributed by atoms with E-state index in [1.54, 1.807) is 24.0 Å². The first-order chi connectivity index (χ1) is 16.1. The average molecular weight is 507 g/mol. The number of likely N-dealkylation sites (tertiary alicyclic amines) is 1. The smallest absolute Gasteiger partial charge is 0.337 e.